The summed E-state index contributed by atoms with van der Waals surface area (Å²) in [6.07, 6.45) is 3.93. The first kappa shape index (κ1) is 19.5. The van der Waals surface area contributed by atoms with E-state index in [0.29, 0.717) is 34.9 Å². The minimum absolute atomic E-state index is 0.0270. The van der Waals surface area contributed by atoms with Crippen molar-refractivity contribution in [3.8, 4) is 0 Å². The van der Waals surface area contributed by atoms with Crippen molar-refractivity contribution in [3.05, 3.63) is 47.2 Å². The number of carbonyl (C=O) groups excluding carboxylic acids is 3. The van der Waals surface area contributed by atoms with Gasteiger partial charge in [0.25, 0.3) is 11.8 Å². The van der Waals surface area contributed by atoms with Crippen LogP contribution in [0.25, 0.3) is 0 Å². The Labute approximate surface area is 180 Å². The summed E-state index contributed by atoms with van der Waals surface area (Å²) in [5.74, 6) is 0.432. The number of likely N-dealkylation sites (tertiary alicyclic amines) is 1. The molecule has 1 aromatic carbocycles. The third-order valence-corrected chi connectivity index (χ3v) is 6.05. The SMILES string of the molecule is CN1Cc2nc(NC(=O)C3CC3)cc(Nc3ccc(C(=O)N4CCCC4)cc3)c2C1=O. The van der Waals surface area contributed by atoms with Crippen molar-refractivity contribution >= 4 is 34.9 Å². The Morgan fingerprint density at radius 3 is 2.48 bits per heavy atom. The van der Waals surface area contributed by atoms with E-state index in [1.807, 2.05) is 17.0 Å². The fourth-order valence-electron chi connectivity index (χ4n) is 4.13. The number of rotatable bonds is 5. The highest BCUT2D eigenvalue weighted by Crippen LogP contribution is 2.34. The zero-order valence-electron chi connectivity index (χ0n) is 17.5. The van der Waals surface area contributed by atoms with Crippen molar-refractivity contribution in [1.29, 1.82) is 0 Å². The van der Waals surface area contributed by atoms with E-state index in [2.05, 4.69) is 15.6 Å². The van der Waals surface area contributed by atoms with Crippen LogP contribution in [0.4, 0.5) is 17.2 Å². The molecular formula is C23H25N5O3. The number of aromatic nitrogens is 1. The van der Waals surface area contributed by atoms with Gasteiger partial charge in [-0.2, -0.15) is 0 Å². The molecule has 1 saturated carbocycles. The lowest BCUT2D eigenvalue weighted by molar-refractivity contribution is -0.117. The largest absolute Gasteiger partial charge is 0.355 e. The van der Waals surface area contributed by atoms with Gasteiger partial charge in [0.2, 0.25) is 5.91 Å². The molecule has 0 spiro atoms. The fourth-order valence-corrected chi connectivity index (χ4v) is 4.13. The summed E-state index contributed by atoms with van der Waals surface area (Å²) in [6.45, 7) is 2.03. The van der Waals surface area contributed by atoms with Crippen LogP contribution in [0.3, 0.4) is 0 Å². The first-order valence-corrected chi connectivity index (χ1v) is 10.8. The van der Waals surface area contributed by atoms with Gasteiger partial charge in [-0.3, -0.25) is 14.4 Å². The van der Waals surface area contributed by atoms with Gasteiger partial charge in [0.05, 0.1) is 23.5 Å². The summed E-state index contributed by atoms with van der Waals surface area (Å²) >= 11 is 0. The Morgan fingerprint density at radius 1 is 1.10 bits per heavy atom. The van der Waals surface area contributed by atoms with Gasteiger partial charge in [-0.05, 0) is 49.9 Å². The lowest BCUT2D eigenvalue weighted by Gasteiger charge is -2.16. The molecule has 0 unspecified atom stereocenters. The number of nitrogens with zero attached hydrogens (tertiary/aromatic N) is 3. The van der Waals surface area contributed by atoms with Gasteiger partial charge < -0.3 is 20.4 Å². The molecule has 2 N–H and O–H groups in total. The summed E-state index contributed by atoms with van der Waals surface area (Å²) in [7, 11) is 1.73. The molecule has 1 aromatic heterocycles. The molecule has 2 aromatic rings. The second-order valence-corrected chi connectivity index (χ2v) is 8.50. The van der Waals surface area contributed by atoms with E-state index >= 15 is 0 Å². The first-order valence-electron chi connectivity index (χ1n) is 10.8. The van der Waals surface area contributed by atoms with Crippen LogP contribution in [0, 0.1) is 5.92 Å². The van der Waals surface area contributed by atoms with E-state index in [1.54, 1.807) is 30.1 Å². The van der Waals surface area contributed by atoms with Gasteiger partial charge in [0.15, 0.2) is 0 Å². The number of nitrogens with one attached hydrogen (secondary N) is 2. The molecular weight excluding hydrogens is 394 g/mol. The molecule has 2 aliphatic heterocycles. The number of anilines is 3. The van der Waals surface area contributed by atoms with Crippen LogP contribution in [0.15, 0.2) is 30.3 Å². The molecule has 0 atom stereocenters. The second-order valence-electron chi connectivity index (χ2n) is 8.50. The molecule has 5 rings (SSSR count). The number of hydrogen-bond acceptors (Lipinski definition) is 5. The Bertz CT molecular complexity index is 1060. The standard InChI is InChI=1S/C23H25N5O3/c1-27-13-18-20(23(27)31)17(12-19(25-18)26-21(29)14-4-5-14)24-16-8-6-15(7-9-16)22(30)28-10-2-3-11-28/h6-9,12,14H,2-5,10-11,13H2,1H3,(H2,24,25,26,29). The maximum atomic E-state index is 12.7. The van der Waals surface area contributed by atoms with Gasteiger partial charge in [0, 0.05) is 43.4 Å². The molecule has 8 nitrogen and oxygen atoms in total. The van der Waals surface area contributed by atoms with E-state index in [-0.39, 0.29) is 23.6 Å². The average molecular weight is 419 g/mol. The highest BCUT2D eigenvalue weighted by Gasteiger charge is 2.32. The minimum Gasteiger partial charge on any atom is -0.355 e. The topological polar surface area (TPSA) is 94.6 Å². The van der Waals surface area contributed by atoms with Gasteiger partial charge in [0.1, 0.15) is 5.82 Å². The number of amides is 3. The summed E-state index contributed by atoms with van der Waals surface area (Å²) in [5, 5.41) is 6.16. The molecule has 1 saturated heterocycles. The van der Waals surface area contributed by atoms with Crippen LogP contribution in [0.5, 0.6) is 0 Å². The number of fused-ring (bicyclic) bond motifs is 1. The molecule has 1 aliphatic carbocycles. The number of carbonyl (C=O) groups is 3. The van der Waals surface area contributed by atoms with Crippen molar-refractivity contribution in [3.63, 3.8) is 0 Å². The monoisotopic (exact) mass is 419 g/mol. The molecule has 3 amide bonds. The molecule has 0 bridgehead atoms. The highest BCUT2D eigenvalue weighted by molar-refractivity contribution is 6.04. The normalized spacial score (nSPS) is 17.6. The van der Waals surface area contributed by atoms with Crippen LogP contribution < -0.4 is 10.6 Å². The molecule has 3 aliphatic rings. The molecule has 0 radical (unpaired) electrons. The van der Waals surface area contributed by atoms with Crippen molar-refractivity contribution in [2.24, 2.45) is 5.92 Å². The van der Waals surface area contributed by atoms with Gasteiger partial charge >= 0.3 is 0 Å². The van der Waals surface area contributed by atoms with E-state index in [1.165, 1.54) is 0 Å². The molecule has 8 heteroatoms. The molecule has 31 heavy (non-hydrogen) atoms. The van der Waals surface area contributed by atoms with Crippen LogP contribution in [0.1, 0.15) is 52.1 Å². The zero-order valence-corrected chi connectivity index (χ0v) is 17.5. The van der Waals surface area contributed by atoms with Crippen molar-refractivity contribution < 1.29 is 14.4 Å². The smallest absolute Gasteiger partial charge is 0.257 e. The lowest BCUT2D eigenvalue weighted by Crippen LogP contribution is -2.27. The van der Waals surface area contributed by atoms with E-state index in [0.717, 1.165) is 44.5 Å². The van der Waals surface area contributed by atoms with Crippen molar-refractivity contribution in [1.82, 2.24) is 14.8 Å². The zero-order chi connectivity index (χ0) is 21.5. The quantitative estimate of drug-likeness (QED) is 0.777. The predicted octanol–water partition coefficient (Wildman–Crippen LogP) is 3.00. The third kappa shape index (κ3) is 3.85. The number of pyridine rings is 1. The maximum absolute atomic E-state index is 12.7. The van der Waals surface area contributed by atoms with Crippen LogP contribution in [-0.4, -0.2) is 52.6 Å². The van der Waals surface area contributed by atoms with Gasteiger partial charge in [-0.1, -0.05) is 0 Å². The van der Waals surface area contributed by atoms with Crippen LogP contribution >= 0.6 is 0 Å². The highest BCUT2D eigenvalue weighted by atomic mass is 16.2. The van der Waals surface area contributed by atoms with E-state index in [4.69, 9.17) is 0 Å². The number of hydrogen-bond donors (Lipinski definition) is 2. The minimum atomic E-state index is -0.106. The first-order chi connectivity index (χ1) is 15.0. The Morgan fingerprint density at radius 2 is 1.81 bits per heavy atom. The number of benzene rings is 1. The molecule has 160 valence electrons. The Hall–Kier alpha value is -3.42. The fraction of sp³-hybridized carbons (Fsp3) is 0.391. The third-order valence-electron chi connectivity index (χ3n) is 6.05. The van der Waals surface area contributed by atoms with Gasteiger partial charge in [-0.15, -0.1) is 0 Å². The lowest BCUT2D eigenvalue weighted by atomic mass is 10.1. The van der Waals surface area contributed by atoms with E-state index in [9.17, 15) is 14.4 Å². The predicted molar refractivity (Wildman–Crippen MR) is 116 cm³/mol. The summed E-state index contributed by atoms with van der Waals surface area (Å²) in [5.41, 5.74) is 3.17. The average Bonchev–Trinajstić information content (AvgIpc) is 3.39. The molecule has 2 fully saturated rings. The Kier molecular flexibility index (Phi) is 4.84. The Balaban J connectivity index is 1.40. The summed E-state index contributed by atoms with van der Waals surface area (Å²) in [4.78, 5) is 45.4. The van der Waals surface area contributed by atoms with Gasteiger partial charge in [-0.25, -0.2) is 4.98 Å². The van der Waals surface area contributed by atoms with E-state index < -0.39 is 0 Å². The maximum Gasteiger partial charge on any atom is 0.257 e. The summed E-state index contributed by atoms with van der Waals surface area (Å²) < 4.78 is 0. The van der Waals surface area contributed by atoms with Crippen LogP contribution in [0.2, 0.25) is 0 Å². The van der Waals surface area contributed by atoms with Crippen LogP contribution in [-0.2, 0) is 11.3 Å². The van der Waals surface area contributed by atoms with Crippen molar-refractivity contribution in [2.45, 2.75) is 32.2 Å². The molecule has 3 heterocycles. The summed E-state index contributed by atoms with van der Waals surface area (Å²) in [6, 6.07) is 8.98. The second kappa shape index (κ2) is 7.68. The van der Waals surface area contributed by atoms with Crippen molar-refractivity contribution in [2.75, 3.05) is 30.8 Å².